The Morgan fingerprint density at radius 2 is 2.00 bits per heavy atom. The summed E-state index contributed by atoms with van der Waals surface area (Å²) >= 11 is 2.10. The molecule has 3 amide bonds. The molecule has 1 fully saturated rings. The fraction of sp³-hybridized carbons (Fsp3) is 0.357. The normalized spacial score (nSPS) is 22.9. The molecule has 3 aliphatic heterocycles. The van der Waals surface area contributed by atoms with E-state index in [0.717, 1.165) is 9.13 Å². The molecule has 0 radical (unpaired) electrons. The van der Waals surface area contributed by atoms with Crippen molar-refractivity contribution in [2.45, 2.75) is 25.4 Å². The smallest absolute Gasteiger partial charge is 0.255 e. The summed E-state index contributed by atoms with van der Waals surface area (Å²) in [6, 6.07) is 1.14. The highest BCUT2D eigenvalue weighted by molar-refractivity contribution is 14.1. The van der Waals surface area contributed by atoms with E-state index in [9.17, 15) is 14.4 Å². The molecule has 0 bridgehead atoms. The molecule has 22 heavy (non-hydrogen) atoms. The van der Waals surface area contributed by atoms with Crippen molar-refractivity contribution in [3.05, 3.63) is 20.8 Å². The molecule has 1 unspecified atom stereocenters. The summed E-state index contributed by atoms with van der Waals surface area (Å²) in [5.74, 6) is 0.321. The number of fused-ring (bicyclic) bond motifs is 3. The van der Waals surface area contributed by atoms with E-state index in [2.05, 4.69) is 27.9 Å². The zero-order chi connectivity index (χ0) is 15.4. The highest BCUT2D eigenvalue weighted by atomic mass is 127. The Labute approximate surface area is 139 Å². The maximum atomic E-state index is 12.6. The number of benzene rings is 1. The number of amides is 3. The largest absolute Gasteiger partial charge is 0.453 e. The van der Waals surface area contributed by atoms with Gasteiger partial charge in [-0.25, -0.2) is 0 Å². The number of hydrogen-bond acceptors (Lipinski definition) is 5. The van der Waals surface area contributed by atoms with Crippen LogP contribution < -0.4 is 14.8 Å². The quantitative estimate of drug-likeness (QED) is 0.543. The lowest BCUT2D eigenvalue weighted by Crippen LogP contribution is -2.52. The molecule has 1 aromatic carbocycles. The Morgan fingerprint density at radius 1 is 1.23 bits per heavy atom. The van der Waals surface area contributed by atoms with Gasteiger partial charge in [0.25, 0.3) is 5.91 Å². The van der Waals surface area contributed by atoms with Crippen LogP contribution in [0.2, 0.25) is 0 Å². The topological polar surface area (TPSA) is 84.9 Å². The summed E-state index contributed by atoms with van der Waals surface area (Å²) in [7, 11) is 0. The molecule has 1 atom stereocenters. The van der Waals surface area contributed by atoms with E-state index < -0.39 is 11.9 Å². The van der Waals surface area contributed by atoms with Crippen LogP contribution in [0.1, 0.15) is 28.8 Å². The maximum Gasteiger partial charge on any atom is 0.255 e. The van der Waals surface area contributed by atoms with Gasteiger partial charge < -0.3 is 14.4 Å². The van der Waals surface area contributed by atoms with Gasteiger partial charge in [0.15, 0.2) is 11.5 Å². The fourth-order valence-electron chi connectivity index (χ4n) is 3.06. The summed E-state index contributed by atoms with van der Waals surface area (Å²) in [6.45, 7) is 0.428. The minimum atomic E-state index is -0.617. The second kappa shape index (κ2) is 4.83. The lowest BCUT2D eigenvalue weighted by molar-refractivity contribution is -0.136. The predicted octanol–water partition coefficient (Wildman–Crippen LogP) is 0.781. The zero-order valence-electron chi connectivity index (χ0n) is 11.3. The third-order valence-electron chi connectivity index (χ3n) is 4.11. The highest BCUT2D eigenvalue weighted by Crippen LogP contribution is 2.45. The van der Waals surface area contributed by atoms with Crippen LogP contribution in [0.3, 0.4) is 0 Å². The summed E-state index contributed by atoms with van der Waals surface area (Å²) in [5.41, 5.74) is 1.29. The third-order valence-corrected chi connectivity index (χ3v) is 4.91. The van der Waals surface area contributed by atoms with E-state index in [1.54, 1.807) is 6.07 Å². The van der Waals surface area contributed by atoms with Crippen LogP contribution in [0.4, 0.5) is 0 Å². The van der Waals surface area contributed by atoms with Crippen LogP contribution >= 0.6 is 22.6 Å². The fourth-order valence-corrected chi connectivity index (χ4v) is 3.77. The van der Waals surface area contributed by atoms with Crippen LogP contribution in [-0.2, 0) is 16.1 Å². The molecule has 8 heteroatoms. The first-order chi connectivity index (χ1) is 10.6. The van der Waals surface area contributed by atoms with E-state index in [0.29, 0.717) is 30.0 Å². The van der Waals surface area contributed by atoms with Gasteiger partial charge in [0.2, 0.25) is 18.6 Å². The number of rotatable bonds is 1. The second-order valence-electron chi connectivity index (χ2n) is 5.35. The first-order valence-electron chi connectivity index (χ1n) is 6.82. The van der Waals surface area contributed by atoms with Crippen molar-refractivity contribution in [1.29, 1.82) is 0 Å². The molecule has 0 spiro atoms. The van der Waals surface area contributed by atoms with Gasteiger partial charge in [0, 0.05) is 17.5 Å². The molecule has 1 aromatic rings. The van der Waals surface area contributed by atoms with E-state index in [1.807, 2.05) is 0 Å². The first-order valence-corrected chi connectivity index (χ1v) is 7.90. The Kier molecular flexibility index (Phi) is 3.03. The zero-order valence-corrected chi connectivity index (χ0v) is 13.5. The van der Waals surface area contributed by atoms with Gasteiger partial charge in [0.1, 0.15) is 6.04 Å². The van der Waals surface area contributed by atoms with Crippen molar-refractivity contribution in [3.8, 4) is 11.5 Å². The lowest BCUT2D eigenvalue weighted by atomic mass is 10.0. The molecule has 0 aromatic heterocycles. The third kappa shape index (κ3) is 1.89. The number of imide groups is 1. The van der Waals surface area contributed by atoms with Crippen LogP contribution in [-0.4, -0.2) is 35.5 Å². The van der Waals surface area contributed by atoms with Crippen LogP contribution in [0.25, 0.3) is 0 Å². The number of hydrogen-bond donors (Lipinski definition) is 1. The van der Waals surface area contributed by atoms with Gasteiger partial charge >= 0.3 is 0 Å². The van der Waals surface area contributed by atoms with Crippen LogP contribution in [0.5, 0.6) is 11.5 Å². The van der Waals surface area contributed by atoms with Crippen molar-refractivity contribution < 1.29 is 23.9 Å². The number of halogens is 1. The molecule has 3 heterocycles. The average molecular weight is 414 g/mol. The minimum absolute atomic E-state index is 0.133. The van der Waals surface area contributed by atoms with Gasteiger partial charge in [-0.2, -0.15) is 0 Å². The van der Waals surface area contributed by atoms with Crippen LogP contribution in [0, 0.1) is 3.57 Å². The van der Waals surface area contributed by atoms with Gasteiger partial charge in [-0.1, -0.05) is 0 Å². The monoisotopic (exact) mass is 414 g/mol. The molecule has 3 aliphatic rings. The number of ether oxygens (including phenoxy) is 2. The highest BCUT2D eigenvalue weighted by Gasteiger charge is 2.42. The molecular weight excluding hydrogens is 403 g/mol. The van der Waals surface area contributed by atoms with Gasteiger partial charge in [-0.3, -0.25) is 19.7 Å². The van der Waals surface area contributed by atoms with E-state index in [4.69, 9.17) is 9.47 Å². The summed E-state index contributed by atoms with van der Waals surface area (Å²) < 4.78 is 11.7. The number of nitrogens with zero attached hydrogens (tertiary/aromatic N) is 1. The van der Waals surface area contributed by atoms with Crippen molar-refractivity contribution in [3.63, 3.8) is 0 Å². The van der Waals surface area contributed by atoms with Crippen molar-refractivity contribution >= 4 is 40.3 Å². The first kappa shape index (κ1) is 13.8. The second-order valence-corrected chi connectivity index (χ2v) is 6.51. The molecule has 4 rings (SSSR count). The van der Waals surface area contributed by atoms with Crippen LogP contribution in [0.15, 0.2) is 6.07 Å². The minimum Gasteiger partial charge on any atom is -0.453 e. The predicted molar refractivity (Wildman–Crippen MR) is 81.3 cm³/mol. The summed E-state index contributed by atoms with van der Waals surface area (Å²) in [4.78, 5) is 37.4. The molecule has 114 valence electrons. The van der Waals surface area contributed by atoms with Crippen molar-refractivity contribution in [1.82, 2.24) is 10.2 Å². The molecular formula is C14H11IN2O5. The molecule has 1 saturated heterocycles. The van der Waals surface area contributed by atoms with Crippen molar-refractivity contribution in [2.75, 3.05) is 6.79 Å². The van der Waals surface area contributed by atoms with E-state index >= 15 is 0 Å². The molecule has 0 saturated carbocycles. The van der Waals surface area contributed by atoms with Gasteiger partial charge in [-0.15, -0.1) is 0 Å². The SMILES string of the molecule is O=C1CCC(N2Cc3c(cc(I)c4c3OCO4)C2=O)C(=O)N1. The Balaban J connectivity index is 1.71. The van der Waals surface area contributed by atoms with Crippen molar-refractivity contribution in [2.24, 2.45) is 0 Å². The average Bonchev–Trinajstić information content (AvgIpc) is 3.06. The number of nitrogens with one attached hydrogen (secondary N) is 1. The molecule has 7 nitrogen and oxygen atoms in total. The molecule has 0 aliphatic carbocycles. The van der Waals surface area contributed by atoms with E-state index in [1.165, 1.54) is 4.90 Å². The summed E-state index contributed by atoms with van der Waals surface area (Å²) in [6.07, 6.45) is 0.590. The Bertz CT molecular complexity index is 732. The number of piperidine rings is 1. The Morgan fingerprint density at radius 3 is 2.77 bits per heavy atom. The van der Waals surface area contributed by atoms with Gasteiger partial charge in [0.05, 0.1) is 10.1 Å². The van der Waals surface area contributed by atoms with Gasteiger partial charge in [-0.05, 0) is 35.1 Å². The van der Waals surface area contributed by atoms with E-state index in [-0.39, 0.29) is 25.0 Å². The summed E-state index contributed by atoms with van der Waals surface area (Å²) in [5, 5.41) is 2.29. The lowest BCUT2D eigenvalue weighted by Gasteiger charge is -2.29. The molecule has 1 N–H and O–H groups in total. The number of carbonyl (C=O) groups excluding carboxylic acids is 3. The Hall–Kier alpha value is -1.84. The number of carbonyl (C=O) groups is 3. The maximum absolute atomic E-state index is 12.6. The standard InChI is InChI=1S/C14H11IN2O5/c15-8-3-6-7(11-12(8)22-5-21-11)4-17(14(6)20)9-1-2-10(18)16-13(9)19/h3,9H,1-2,4-5H2,(H,16,18,19).